The monoisotopic (exact) mass is 151 g/mol. The van der Waals surface area contributed by atoms with Gasteiger partial charge in [-0.05, 0) is 13.5 Å². The van der Waals surface area contributed by atoms with Gasteiger partial charge in [0, 0.05) is 13.0 Å². The summed E-state index contributed by atoms with van der Waals surface area (Å²) in [4.78, 5) is 1.09. The van der Waals surface area contributed by atoms with Crippen LogP contribution in [0.3, 0.4) is 0 Å². The Morgan fingerprint density at radius 3 is 1.90 bits per heavy atom. The molecule has 1 aliphatic heterocycles. The topological polar surface area (TPSA) is 3.24 Å². The van der Waals surface area contributed by atoms with Crippen LogP contribution >= 0.6 is 0 Å². The van der Waals surface area contributed by atoms with E-state index >= 15 is 0 Å². The molecule has 0 unspecified atom stereocenters. The summed E-state index contributed by atoms with van der Waals surface area (Å²) in [6.07, 6.45) is 0.660. The Morgan fingerprint density at radius 2 is 1.80 bits per heavy atom. The Balaban J connectivity index is 0.000000371. The second kappa shape index (κ2) is 3.86. The lowest BCUT2D eigenvalue weighted by molar-refractivity contribution is -0.105. The second-order valence-corrected chi connectivity index (χ2v) is 2.19. The van der Waals surface area contributed by atoms with Crippen LogP contribution < -0.4 is 0 Å². The van der Waals surface area contributed by atoms with Gasteiger partial charge in [-0.3, -0.25) is 0 Å². The Bertz CT molecular complexity index is 93.6. The molecule has 1 nitrogen and oxygen atoms in total. The van der Waals surface area contributed by atoms with Gasteiger partial charge in [0.05, 0.1) is 0 Å². The van der Waals surface area contributed by atoms with Gasteiger partial charge in [0.2, 0.25) is 0 Å². The first-order valence-corrected chi connectivity index (χ1v) is 3.72. The van der Waals surface area contributed by atoms with Crippen LogP contribution in [0, 0.1) is 0 Å². The van der Waals surface area contributed by atoms with Crippen molar-refractivity contribution in [3.63, 3.8) is 0 Å². The Morgan fingerprint density at radius 1 is 1.30 bits per heavy atom. The van der Waals surface area contributed by atoms with Gasteiger partial charge in [0.1, 0.15) is 0 Å². The standard InChI is InChI=1S/C5H9F2N.C2H6/c1-8-4-2-3-5(8,6)7;1-2/h2-4H2,1H3;1-2H3. The summed E-state index contributed by atoms with van der Waals surface area (Å²) in [5, 5.41) is 0. The van der Waals surface area contributed by atoms with Crippen molar-refractivity contribution in [1.29, 1.82) is 0 Å². The molecule has 0 spiro atoms. The number of likely N-dealkylation sites (tertiary alicyclic amines) is 1. The number of halogens is 2. The van der Waals surface area contributed by atoms with Crippen molar-refractivity contribution in [3.8, 4) is 0 Å². The van der Waals surface area contributed by atoms with E-state index in [0.29, 0.717) is 13.0 Å². The highest BCUT2D eigenvalue weighted by atomic mass is 19.3. The Labute approximate surface area is 61.0 Å². The van der Waals surface area contributed by atoms with E-state index in [1.165, 1.54) is 7.05 Å². The van der Waals surface area contributed by atoms with Gasteiger partial charge in [0.25, 0.3) is 0 Å². The third kappa shape index (κ3) is 2.21. The summed E-state index contributed by atoms with van der Waals surface area (Å²) >= 11 is 0. The molecule has 0 saturated carbocycles. The van der Waals surface area contributed by atoms with E-state index in [9.17, 15) is 8.78 Å². The molecule has 0 radical (unpaired) electrons. The van der Waals surface area contributed by atoms with Crippen molar-refractivity contribution < 1.29 is 8.78 Å². The number of hydrogen-bond acceptors (Lipinski definition) is 1. The number of alkyl halides is 2. The quantitative estimate of drug-likeness (QED) is 0.480. The number of nitrogens with zero attached hydrogens (tertiary/aromatic N) is 1. The maximum absolute atomic E-state index is 12.3. The molecule has 1 rings (SSSR count). The molecule has 1 fully saturated rings. The van der Waals surface area contributed by atoms with Crippen LogP contribution in [0.5, 0.6) is 0 Å². The average Bonchev–Trinajstić information content (AvgIpc) is 2.17. The highest BCUT2D eigenvalue weighted by Gasteiger charge is 2.38. The van der Waals surface area contributed by atoms with E-state index in [0.717, 1.165) is 4.90 Å². The summed E-state index contributed by atoms with van der Waals surface area (Å²) < 4.78 is 24.5. The zero-order valence-corrected chi connectivity index (χ0v) is 6.82. The fraction of sp³-hybridized carbons (Fsp3) is 1.00. The third-order valence-electron chi connectivity index (χ3n) is 1.53. The van der Waals surface area contributed by atoms with Crippen molar-refractivity contribution >= 4 is 0 Å². The SMILES string of the molecule is CC.CN1CCCC1(F)F. The maximum Gasteiger partial charge on any atom is 0.304 e. The zero-order valence-electron chi connectivity index (χ0n) is 6.82. The molecule has 0 aromatic rings. The minimum absolute atomic E-state index is 0.0312. The molecule has 3 heteroatoms. The van der Waals surface area contributed by atoms with Crippen LogP contribution in [0.25, 0.3) is 0 Å². The molecule has 0 aromatic heterocycles. The normalized spacial score (nSPS) is 23.7. The van der Waals surface area contributed by atoms with Crippen LogP contribution in [-0.2, 0) is 0 Å². The molecular formula is C7H15F2N. The smallest absolute Gasteiger partial charge is 0.248 e. The van der Waals surface area contributed by atoms with Gasteiger partial charge in [-0.25, -0.2) is 4.90 Å². The largest absolute Gasteiger partial charge is 0.304 e. The second-order valence-electron chi connectivity index (χ2n) is 2.19. The first kappa shape index (κ1) is 9.82. The van der Waals surface area contributed by atoms with Crippen molar-refractivity contribution in [2.24, 2.45) is 0 Å². The summed E-state index contributed by atoms with van der Waals surface area (Å²) in [6.45, 7) is 4.53. The molecule has 1 heterocycles. The van der Waals surface area contributed by atoms with Gasteiger partial charge < -0.3 is 0 Å². The fourth-order valence-electron chi connectivity index (χ4n) is 0.883. The van der Waals surface area contributed by atoms with Gasteiger partial charge in [-0.1, -0.05) is 13.8 Å². The zero-order chi connectivity index (χ0) is 8.20. The van der Waals surface area contributed by atoms with Gasteiger partial charge in [0.15, 0.2) is 0 Å². The van der Waals surface area contributed by atoms with Crippen molar-refractivity contribution in [2.75, 3.05) is 13.6 Å². The minimum Gasteiger partial charge on any atom is -0.248 e. The summed E-state index contributed by atoms with van der Waals surface area (Å²) in [5.74, 6) is 0. The minimum atomic E-state index is -2.51. The van der Waals surface area contributed by atoms with E-state index < -0.39 is 6.05 Å². The molecule has 0 bridgehead atoms. The first-order chi connectivity index (χ1) is 4.63. The van der Waals surface area contributed by atoms with Crippen molar-refractivity contribution in [1.82, 2.24) is 4.90 Å². The Kier molecular flexibility index (Phi) is 3.79. The first-order valence-electron chi connectivity index (χ1n) is 3.72. The van der Waals surface area contributed by atoms with Gasteiger partial charge in [-0.2, -0.15) is 8.78 Å². The molecule has 1 saturated heterocycles. The average molecular weight is 151 g/mol. The van der Waals surface area contributed by atoms with E-state index in [2.05, 4.69) is 0 Å². The van der Waals surface area contributed by atoms with Crippen molar-refractivity contribution in [3.05, 3.63) is 0 Å². The molecule has 10 heavy (non-hydrogen) atoms. The van der Waals surface area contributed by atoms with Crippen LogP contribution in [0.1, 0.15) is 26.7 Å². The lowest BCUT2D eigenvalue weighted by Gasteiger charge is -2.17. The summed E-state index contributed by atoms with van der Waals surface area (Å²) in [6, 6.07) is -2.51. The molecule has 0 atom stereocenters. The van der Waals surface area contributed by atoms with E-state index in [4.69, 9.17) is 0 Å². The summed E-state index contributed by atoms with van der Waals surface area (Å²) in [5.41, 5.74) is 0. The van der Waals surface area contributed by atoms with Gasteiger partial charge >= 0.3 is 6.05 Å². The molecule has 1 aliphatic rings. The highest BCUT2D eigenvalue weighted by Crippen LogP contribution is 2.29. The summed E-state index contributed by atoms with van der Waals surface area (Å²) in [7, 11) is 1.45. The van der Waals surface area contributed by atoms with Crippen LogP contribution in [-0.4, -0.2) is 24.5 Å². The van der Waals surface area contributed by atoms with Crippen LogP contribution in [0.4, 0.5) is 8.78 Å². The fourth-order valence-corrected chi connectivity index (χ4v) is 0.883. The predicted molar refractivity (Wildman–Crippen MR) is 38.2 cm³/mol. The number of rotatable bonds is 0. The number of hydrogen-bond donors (Lipinski definition) is 0. The Hall–Kier alpha value is -0.180. The van der Waals surface area contributed by atoms with Crippen LogP contribution in [0.15, 0.2) is 0 Å². The molecular weight excluding hydrogens is 136 g/mol. The molecule has 62 valence electrons. The lowest BCUT2D eigenvalue weighted by Crippen LogP contribution is -2.31. The van der Waals surface area contributed by atoms with E-state index in [-0.39, 0.29) is 6.42 Å². The van der Waals surface area contributed by atoms with Crippen LogP contribution in [0.2, 0.25) is 0 Å². The lowest BCUT2D eigenvalue weighted by atomic mass is 10.4. The van der Waals surface area contributed by atoms with Gasteiger partial charge in [-0.15, -0.1) is 0 Å². The van der Waals surface area contributed by atoms with E-state index in [1.807, 2.05) is 13.8 Å². The predicted octanol–water partition coefficient (Wildman–Crippen LogP) is 2.33. The maximum atomic E-state index is 12.3. The third-order valence-corrected chi connectivity index (χ3v) is 1.53. The molecule has 0 aliphatic carbocycles. The van der Waals surface area contributed by atoms with E-state index in [1.54, 1.807) is 0 Å². The molecule has 0 aromatic carbocycles. The molecule has 0 N–H and O–H groups in total. The highest BCUT2D eigenvalue weighted by molar-refractivity contribution is 4.73. The molecule has 0 amide bonds. The van der Waals surface area contributed by atoms with Crippen molar-refractivity contribution in [2.45, 2.75) is 32.7 Å².